The van der Waals surface area contributed by atoms with E-state index < -0.39 is 0 Å². The first kappa shape index (κ1) is 11.2. The molecule has 2 saturated carbocycles. The second kappa shape index (κ2) is 4.38. The molecule has 0 amide bonds. The van der Waals surface area contributed by atoms with Gasteiger partial charge in [-0.2, -0.15) is 4.98 Å². The van der Waals surface area contributed by atoms with Crippen LogP contribution in [0, 0.1) is 11.8 Å². The molecule has 17 heavy (non-hydrogen) atoms. The molecule has 1 aromatic rings. The van der Waals surface area contributed by atoms with Crippen LogP contribution in [0.25, 0.3) is 0 Å². The molecule has 0 aliphatic heterocycles. The summed E-state index contributed by atoms with van der Waals surface area (Å²) in [6, 6.07) is 0.171. The molecule has 0 aromatic carbocycles. The van der Waals surface area contributed by atoms with E-state index in [9.17, 15) is 0 Å². The molecule has 94 valence electrons. The van der Waals surface area contributed by atoms with Gasteiger partial charge in [-0.3, -0.25) is 0 Å². The molecule has 2 atom stereocenters. The number of nitrogens with zero attached hydrogens (tertiary/aromatic N) is 2. The third-order valence-corrected chi connectivity index (χ3v) is 3.68. The molecule has 2 unspecified atom stereocenters. The number of aromatic nitrogens is 2. The fourth-order valence-electron chi connectivity index (χ4n) is 2.27. The number of methoxy groups -OCH3 is 1. The summed E-state index contributed by atoms with van der Waals surface area (Å²) >= 11 is 0. The van der Waals surface area contributed by atoms with E-state index in [-0.39, 0.29) is 12.1 Å². The van der Waals surface area contributed by atoms with Gasteiger partial charge in [0.25, 0.3) is 0 Å². The van der Waals surface area contributed by atoms with E-state index in [2.05, 4.69) is 10.1 Å². The van der Waals surface area contributed by atoms with Crippen molar-refractivity contribution in [2.75, 3.05) is 7.11 Å². The lowest BCUT2D eigenvalue weighted by Crippen LogP contribution is -2.25. The van der Waals surface area contributed by atoms with E-state index in [0.29, 0.717) is 30.0 Å². The molecule has 2 aliphatic carbocycles. The molecular formula is C12H19N3O2. The zero-order valence-corrected chi connectivity index (χ0v) is 10.1. The third-order valence-electron chi connectivity index (χ3n) is 3.68. The van der Waals surface area contributed by atoms with Gasteiger partial charge in [0.2, 0.25) is 11.7 Å². The minimum absolute atomic E-state index is 0.00431. The number of hydrogen-bond acceptors (Lipinski definition) is 5. The summed E-state index contributed by atoms with van der Waals surface area (Å²) in [5, 5.41) is 4.01. The number of nitrogens with two attached hydrogens (primary N) is 1. The molecule has 1 heterocycles. The molecule has 0 bridgehead atoms. The Morgan fingerprint density at radius 1 is 1.35 bits per heavy atom. The second-order valence-corrected chi connectivity index (χ2v) is 5.25. The number of hydrogen-bond donors (Lipinski definition) is 1. The van der Waals surface area contributed by atoms with Crippen LogP contribution < -0.4 is 5.73 Å². The van der Waals surface area contributed by atoms with Crippen molar-refractivity contribution in [1.29, 1.82) is 0 Å². The van der Waals surface area contributed by atoms with Crippen LogP contribution >= 0.6 is 0 Å². The monoisotopic (exact) mass is 237 g/mol. The van der Waals surface area contributed by atoms with E-state index in [4.69, 9.17) is 15.0 Å². The zero-order valence-electron chi connectivity index (χ0n) is 10.1. The van der Waals surface area contributed by atoms with Gasteiger partial charge < -0.3 is 15.0 Å². The van der Waals surface area contributed by atoms with Crippen molar-refractivity contribution < 1.29 is 9.26 Å². The molecule has 5 heteroatoms. The van der Waals surface area contributed by atoms with Crippen LogP contribution in [-0.4, -0.2) is 23.3 Å². The van der Waals surface area contributed by atoms with Crippen LogP contribution in [0.4, 0.5) is 0 Å². The summed E-state index contributed by atoms with van der Waals surface area (Å²) < 4.78 is 10.7. The fourth-order valence-corrected chi connectivity index (χ4v) is 2.27. The minimum Gasteiger partial charge on any atom is -0.373 e. The lowest BCUT2D eigenvalue weighted by atomic mass is 10.1. The Kier molecular flexibility index (Phi) is 2.88. The Hall–Kier alpha value is -0.940. The molecule has 2 fully saturated rings. The molecule has 0 saturated heterocycles. The Balaban J connectivity index is 1.64. The maximum absolute atomic E-state index is 6.04. The Bertz CT molecular complexity index is 385. The van der Waals surface area contributed by atoms with Crippen molar-refractivity contribution in [3.8, 4) is 0 Å². The minimum atomic E-state index is 0.00431. The van der Waals surface area contributed by atoms with Gasteiger partial charge in [-0.25, -0.2) is 0 Å². The van der Waals surface area contributed by atoms with E-state index in [0.717, 1.165) is 0 Å². The van der Waals surface area contributed by atoms with Gasteiger partial charge in [0.05, 0.1) is 0 Å². The summed E-state index contributed by atoms with van der Waals surface area (Å²) in [6.45, 7) is 0. The van der Waals surface area contributed by atoms with Crippen LogP contribution in [0.5, 0.6) is 0 Å². The first-order chi connectivity index (χ1) is 8.28. The van der Waals surface area contributed by atoms with Gasteiger partial charge in [-0.05, 0) is 37.5 Å². The predicted octanol–water partition coefficient (Wildman–Crippen LogP) is 1.45. The Morgan fingerprint density at radius 2 is 2.06 bits per heavy atom. The van der Waals surface area contributed by atoms with Crippen LogP contribution in [0.1, 0.15) is 43.5 Å². The van der Waals surface area contributed by atoms with E-state index in [1.54, 1.807) is 7.11 Å². The molecular weight excluding hydrogens is 218 g/mol. The van der Waals surface area contributed by atoms with Gasteiger partial charge >= 0.3 is 0 Å². The average Bonchev–Trinajstić information content (AvgIpc) is 3.20. The van der Waals surface area contributed by atoms with Gasteiger partial charge in [-0.15, -0.1) is 0 Å². The van der Waals surface area contributed by atoms with Crippen LogP contribution in [-0.2, 0) is 11.2 Å². The fraction of sp³-hybridized carbons (Fsp3) is 0.833. The first-order valence-corrected chi connectivity index (χ1v) is 6.38. The molecule has 0 radical (unpaired) electrons. The van der Waals surface area contributed by atoms with Gasteiger partial charge in [0.1, 0.15) is 6.10 Å². The largest absolute Gasteiger partial charge is 0.373 e. The van der Waals surface area contributed by atoms with E-state index in [1.807, 2.05) is 0 Å². The maximum atomic E-state index is 6.04. The molecule has 3 rings (SSSR count). The lowest BCUT2D eigenvalue weighted by molar-refractivity contribution is 0.0751. The van der Waals surface area contributed by atoms with E-state index in [1.165, 1.54) is 25.7 Å². The van der Waals surface area contributed by atoms with Gasteiger partial charge in [0, 0.05) is 19.6 Å². The summed E-state index contributed by atoms with van der Waals surface area (Å²) in [4.78, 5) is 4.41. The Labute approximate surface area is 101 Å². The summed E-state index contributed by atoms with van der Waals surface area (Å²) in [6.07, 6.45) is 5.58. The standard InChI is InChI=1S/C12H19N3O2/c1-16-11(8-4-5-8)12-14-10(17-15-12)6-9(13)7-2-3-7/h7-9,11H,2-6,13H2,1H3. The van der Waals surface area contributed by atoms with Gasteiger partial charge in [0.15, 0.2) is 0 Å². The van der Waals surface area contributed by atoms with Crippen LogP contribution in [0.3, 0.4) is 0 Å². The Morgan fingerprint density at radius 3 is 2.65 bits per heavy atom. The SMILES string of the molecule is COC(c1noc(CC(N)C2CC2)n1)C1CC1. The third kappa shape index (κ3) is 2.50. The zero-order chi connectivity index (χ0) is 11.8. The quantitative estimate of drug-likeness (QED) is 0.810. The number of ether oxygens (including phenoxy) is 1. The molecule has 5 nitrogen and oxygen atoms in total. The topological polar surface area (TPSA) is 74.2 Å². The van der Waals surface area contributed by atoms with Crippen molar-refractivity contribution in [3.63, 3.8) is 0 Å². The van der Waals surface area contributed by atoms with Crippen molar-refractivity contribution in [1.82, 2.24) is 10.1 Å². The molecule has 0 spiro atoms. The lowest BCUT2D eigenvalue weighted by Gasteiger charge is -2.08. The second-order valence-electron chi connectivity index (χ2n) is 5.25. The summed E-state index contributed by atoms with van der Waals surface area (Å²) in [5.74, 6) is 2.57. The van der Waals surface area contributed by atoms with Crippen molar-refractivity contribution in [2.24, 2.45) is 17.6 Å². The maximum Gasteiger partial charge on any atom is 0.228 e. The number of rotatable bonds is 6. The summed E-state index contributed by atoms with van der Waals surface area (Å²) in [7, 11) is 1.70. The van der Waals surface area contributed by atoms with Crippen molar-refractivity contribution in [3.05, 3.63) is 11.7 Å². The highest BCUT2D eigenvalue weighted by Gasteiger charge is 2.36. The van der Waals surface area contributed by atoms with Crippen molar-refractivity contribution in [2.45, 2.75) is 44.2 Å². The first-order valence-electron chi connectivity index (χ1n) is 6.38. The molecule has 2 N–H and O–H groups in total. The van der Waals surface area contributed by atoms with Crippen LogP contribution in [0.15, 0.2) is 4.52 Å². The normalized spacial score (nSPS) is 23.6. The smallest absolute Gasteiger partial charge is 0.228 e. The molecule has 1 aromatic heterocycles. The predicted molar refractivity (Wildman–Crippen MR) is 61.2 cm³/mol. The average molecular weight is 237 g/mol. The highest BCUT2D eigenvalue weighted by molar-refractivity contribution is 5.00. The van der Waals surface area contributed by atoms with Crippen molar-refractivity contribution >= 4 is 0 Å². The van der Waals surface area contributed by atoms with Gasteiger partial charge in [-0.1, -0.05) is 5.16 Å². The van der Waals surface area contributed by atoms with Crippen LogP contribution in [0.2, 0.25) is 0 Å². The van der Waals surface area contributed by atoms with E-state index >= 15 is 0 Å². The summed E-state index contributed by atoms with van der Waals surface area (Å²) in [5.41, 5.74) is 6.04. The highest BCUT2D eigenvalue weighted by atomic mass is 16.5. The highest BCUT2D eigenvalue weighted by Crippen LogP contribution is 2.42. The molecule has 2 aliphatic rings.